The first-order valence-corrected chi connectivity index (χ1v) is 5.25. The molecule has 2 rings (SSSR count). The zero-order chi connectivity index (χ0) is 12.4. The monoisotopic (exact) mass is 236 g/mol. The van der Waals surface area contributed by atoms with Crippen LogP contribution in [0.5, 0.6) is 0 Å². The number of hydrogen-bond donors (Lipinski definition) is 2. The molecule has 1 saturated heterocycles. The Kier molecular flexibility index (Phi) is 3.06. The van der Waals surface area contributed by atoms with Crippen LogP contribution in [0.25, 0.3) is 0 Å². The summed E-state index contributed by atoms with van der Waals surface area (Å²) >= 11 is 0. The van der Waals surface area contributed by atoms with Gasteiger partial charge in [0.05, 0.1) is 6.10 Å². The number of carboxylic acids is 1. The van der Waals surface area contributed by atoms with E-state index in [4.69, 9.17) is 5.11 Å². The summed E-state index contributed by atoms with van der Waals surface area (Å²) in [4.78, 5) is 27.9. The second-order valence-electron chi connectivity index (χ2n) is 3.91. The van der Waals surface area contributed by atoms with Crippen LogP contribution in [-0.4, -0.2) is 51.2 Å². The number of aliphatic hydroxyl groups is 1. The number of β-amino-alcohol motifs (C(OH)–C–C–N with tert-alkyl or cyclic N) is 1. The summed E-state index contributed by atoms with van der Waals surface area (Å²) in [6.07, 6.45) is 0.0475. The predicted octanol–water partition coefficient (Wildman–Crippen LogP) is -0.0134. The van der Waals surface area contributed by atoms with E-state index in [1.54, 1.807) is 0 Å². The maximum Gasteiger partial charge on any atom is 0.354 e. The van der Waals surface area contributed by atoms with Crippen molar-refractivity contribution in [2.45, 2.75) is 12.5 Å². The van der Waals surface area contributed by atoms with Crippen molar-refractivity contribution in [1.82, 2.24) is 9.88 Å². The lowest BCUT2D eigenvalue weighted by molar-refractivity contribution is 0.0689. The van der Waals surface area contributed by atoms with Crippen LogP contribution in [0.4, 0.5) is 0 Å². The number of rotatable bonds is 2. The fourth-order valence-electron chi connectivity index (χ4n) is 1.76. The first-order valence-electron chi connectivity index (χ1n) is 5.25. The van der Waals surface area contributed by atoms with Crippen molar-refractivity contribution in [3.05, 3.63) is 29.6 Å². The number of carbonyl (C=O) groups excluding carboxylic acids is 1. The van der Waals surface area contributed by atoms with Gasteiger partial charge < -0.3 is 15.1 Å². The first kappa shape index (κ1) is 11.5. The predicted molar refractivity (Wildman–Crippen MR) is 57.7 cm³/mol. The molecule has 1 unspecified atom stereocenters. The van der Waals surface area contributed by atoms with Gasteiger partial charge >= 0.3 is 5.97 Å². The van der Waals surface area contributed by atoms with E-state index in [1.165, 1.54) is 23.1 Å². The van der Waals surface area contributed by atoms with E-state index in [0.717, 1.165) is 0 Å². The average molecular weight is 236 g/mol. The van der Waals surface area contributed by atoms with Gasteiger partial charge in [-0.25, -0.2) is 9.78 Å². The lowest BCUT2D eigenvalue weighted by atomic mass is 10.3. The van der Waals surface area contributed by atoms with E-state index in [9.17, 15) is 14.7 Å². The van der Waals surface area contributed by atoms with Gasteiger partial charge in [0.2, 0.25) is 0 Å². The SMILES string of the molecule is O=C(O)c1cccc(C(=O)N2CCC(O)C2)n1. The van der Waals surface area contributed by atoms with Gasteiger partial charge in [-0.3, -0.25) is 4.79 Å². The van der Waals surface area contributed by atoms with Crippen molar-refractivity contribution in [1.29, 1.82) is 0 Å². The van der Waals surface area contributed by atoms with Crippen LogP contribution in [0.1, 0.15) is 27.4 Å². The highest BCUT2D eigenvalue weighted by atomic mass is 16.4. The minimum absolute atomic E-state index is 0.0963. The highest BCUT2D eigenvalue weighted by Crippen LogP contribution is 2.12. The molecule has 0 bridgehead atoms. The van der Waals surface area contributed by atoms with Crippen LogP contribution < -0.4 is 0 Å². The van der Waals surface area contributed by atoms with Gasteiger partial charge in [0, 0.05) is 13.1 Å². The molecule has 1 atom stereocenters. The summed E-state index contributed by atoms with van der Waals surface area (Å²) in [5, 5.41) is 18.1. The maximum atomic E-state index is 11.9. The fourth-order valence-corrected chi connectivity index (χ4v) is 1.76. The minimum atomic E-state index is -1.17. The standard InChI is InChI=1S/C11H12N2O4/c14-7-4-5-13(6-7)10(15)8-2-1-3-9(12-8)11(16)17/h1-3,7,14H,4-6H2,(H,16,17). The third-order valence-corrected chi connectivity index (χ3v) is 2.64. The second kappa shape index (κ2) is 4.50. The number of carbonyl (C=O) groups is 2. The Morgan fingerprint density at radius 2 is 2.06 bits per heavy atom. The van der Waals surface area contributed by atoms with Crippen LogP contribution in [0.3, 0.4) is 0 Å². The van der Waals surface area contributed by atoms with Gasteiger partial charge in [-0.2, -0.15) is 0 Å². The summed E-state index contributed by atoms with van der Waals surface area (Å²) in [5.74, 6) is -1.51. The molecule has 6 nitrogen and oxygen atoms in total. The molecule has 0 aromatic carbocycles. The number of aliphatic hydroxyl groups excluding tert-OH is 1. The number of aromatic carboxylic acids is 1. The van der Waals surface area contributed by atoms with Crippen LogP contribution in [-0.2, 0) is 0 Å². The molecule has 1 fully saturated rings. The zero-order valence-corrected chi connectivity index (χ0v) is 9.04. The van der Waals surface area contributed by atoms with E-state index >= 15 is 0 Å². The number of likely N-dealkylation sites (tertiary alicyclic amines) is 1. The third-order valence-electron chi connectivity index (χ3n) is 2.64. The minimum Gasteiger partial charge on any atom is -0.477 e. The molecule has 1 aromatic rings. The molecule has 17 heavy (non-hydrogen) atoms. The normalized spacial score (nSPS) is 19.4. The Balaban J connectivity index is 2.19. The van der Waals surface area contributed by atoms with E-state index in [2.05, 4.69) is 4.98 Å². The molecule has 1 aliphatic rings. The van der Waals surface area contributed by atoms with E-state index in [1.807, 2.05) is 0 Å². The van der Waals surface area contributed by atoms with Gasteiger partial charge in [0.1, 0.15) is 11.4 Å². The Bertz CT molecular complexity index is 461. The van der Waals surface area contributed by atoms with E-state index < -0.39 is 12.1 Å². The molecule has 0 radical (unpaired) electrons. The molecule has 1 aliphatic heterocycles. The number of hydrogen-bond acceptors (Lipinski definition) is 4. The van der Waals surface area contributed by atoms with E-state index in [-0.39, 0.29) is 23.8 Å². The van der Waals surface area contributed by atoms with Crippen molar-refractivity contribution in [2.24, 2.45) is 0 Å². The molecule has 90 valence electrons. The van der Waals surface area contributed by atoms with Crippen LogP contribution in [0.2, 0.25) is 0 Å². The molecule has 0 saturated carbocycles. The largest absolute Gasteiger partial charge is 0.477 e. The van der Waals surface area contributed by atoms with Crippen molar-refractivity contribution in [2.75, 3.05) is 13.1 Å². The van der Waals surface area contributed by atoms with Crippen LogP contribution in [0, 0.1) is 0 Å². The Labute approximate surface area is 97.5 Å². The molecule has 0 aliphatic carbocycles. The topological polar surface area (TPSA) is 90.7 Å². The smallest absolute Gasteiger partial charge is 0.354 e. The number of nitrogens with zero attached hydrogens (tertiary/aromatic N) is 2. The summed E-state index contributed by atoms with van der Waals surface area (Å²) in [5.41, 5.74) is -0.0606. The number of carboxylic acid groups (broad SMARTS) is 1. The highest BCUT2D eigenvalue weighted by molar-refractivity contribution is 5.94. The lowest BCUT2D eigenvalue weighted by Gasteiger charge is -2.14. The molecule has 2 heterocycles. The number of amides is 1. The second-order valence-corrected chi connectivity index (χ2v) is 3.91. The molecule has 0 spiro atoms. The molecular weight excluding hydrogens is 224 g/mol. The Morgan fingerprint density at radius 1 is 1.35 bits per heavy atom. The van der Waals surface area contributed by atoms with Gasteiger partial charge in [-0.15, -0.1) is 0 Å². The number of pyridine rings is 1. The van der Waals surface area contributed by atoms with Crippen molar-refractivity contribution < 1.29 is 19.8 Å². The maximum absolute atomic E-state index is 11.9. The Morgan fingerprint density at radius 3 is 2.65 bits per heavy atom. The van der Waals surface area contributed by atoms with Gasteiger partial charge in [0.25, 0.3) is 5.91 Å². The quantitative estimate of drug-likeness (QED) is 0.753. The molecule has 1 aromatic heterocycles. The molecule has 2 N–H and O–H groups in total. The third kappa shape index (κ3) is 2.42. The van der Waals surface area contributed by atoms with Crippen molar-refractivity contribution in [3.8, 4) is 0 Å². The lowest BCUT2D eigenvalue weighted by Crippen LogP contribution is -2.30. The van der Waals surface area contributed by atoms with Crippen LogP contribution in [0.15, 0.2) is 18.2 Å². The summed E-state index contributed by atoms with van der Waals surface area (Å²) < 4.78 is 0. The van der Waals surface area contributed by atoms with Crippen LogP contribution >= 0.6 is 0 Å². The summed E-state index contributed by atoms with van der Waals surface area (Å²) in [7, 11) is 0. The van der Waals surface area contributed by atoms with Gasteiger partial charge in [-0.1, -0.05) is 6.07 Å². The molecule has 6 heteroatoms. The Hall–Kier alpha value is -1.95. The van der Waals surface area contributed by atoms with Gasteiger partial charge in [0.15, 0.2) is 0 Å². The van der Waals surface area contributed by atoms with Gasteiger partial charge in [-0.05, 0) is 18.6 Å². The summed E-state index contributed by atoms with van der Waals surface area (Å²) in [6.45, 7) is 0.747. The average Bonchev–Trinajstić information content (AvgIpc) is 2.75. The fraction of sp³-hybridized carbons (Fsp3) is 0.364. The van der Waals surface area contributed by atoms with Crippen molar-refractivity contribution in [3.63, 3.8) is 0 Å². The number of aromatic nitrogens is 1. The first-order chi connectivity index (χ1) is 8.08. The molecule has 1 amide bonds. The molecular formula is C11H12N2O4. The summed E-state index contributed by atoms with van der Waals surface area (Å²) in [6, 6.07) is 4.29. The zero-order valence-electron chi connectivity index (χ0n) is 9.04. The van der Waals surface area contributed by atoms with Crippen molar-refractivity contribution >= 4 is 11.9 Å². The highest BCUT2D eigenvalue weighted by Gasteiger charge is 2.26. The van der Waals surface area contributed by atoms with E-state index in [0.29, 0.717) is 13.0 Å².